The Balaban J connectivity index is 1.45. The van der Waals surface area contributed by atoms with Crippen molar-refractivity contribution >= 4 is 17.7 Å². The third-order valence-corrected chi connectivity index (χ3v) is 5.99. The molecule has 3 heteroatoms. The van der Waals surface area contributed by atoms with E-state index >= 15 is 0 Å². The number of hydrogen-bond acceptors (Lipinski definition) is 2. The summed E-state index contributed by atoms with van der Waals surface area (Å²) in [4.78, 5) is 12.3. The lowest BCUT2D eigenvalue weighted by atomic mass is 9.95. The largest absolute Gasteiger partial charge is 0.352 e. The highest BCUT2D eigenvalue weighted by Gasteiger charge is 2.40. The van der Waals surface area contributed by atoms with Gasteiger partial charge < -0.3 is 5.32 Å². The molecule has 0 aromatic heterocycles. The second-order valence-electron chi connectivity index (χ2n) is 6.23. The van der Waals surface area contributed by atoms with E-state index in [4.69, 9.17) is 0 Å². The Bertz CT molecular complexity index is 461. The molecule has 1 N–H and O–H groups in total. The van der Waals surface area contributed by atoms with E-state index in [9.17, 15) is 4.79 Å². The Morgan fingerprint density at radius 2 is 2.10 bits per heavy atom. The van der Waals surface area contributed by atoms with Crippen LogP contribution in [0.1, 0.15) is 38.2 Å². The maximum atomic E-state index is 12.3. The van der Waals surface area contributed by atoms with Crippen molar-refractivity contribution in [2.24, 2.45) is 11.8 Å². The van der Waals surface area contributed by atoms with E-state index < -0.39 is 0 Å². The van der Waals surface area contributed by atoms with Crippen LogP contribution in [0.15, 0.2) is 30.3 Å². The minimum Gasteiger partial charge on any atom is -0.352 e. The number of carbonyl (C=O) groups is 1. The average molecular weight is 289 g/mol. The SMILES string of the molecule is C[C@@H](SCc1ccccc1)C(=O)N[C@@H]1C[C@@H]2CC[C@@H]1C2. The fourth-order valence-corrected chi connectivity index (χ4v) is 4.45. The molecule has 0 unspecified atom stereocenters. The predicted octanol–water partition coefficient (Wildman–Crippen LogP) is 3.61. The molecule has 2 aliphatic carbocycles. The van der Waals surface area contributed by atoms with Gasteiger partial charge in [-0.2, -0.15) is 0 Å². The second-order valence-corrected chi connectivity index (χ2v) is 7.56. The van der Waals surface area contributed by atoms with E-state index in [1.807, 2.05) is 13.0 Å². The molecule has 0 saturated heterocycles. The van der Waals surface area contributed by atoms with Crippen molar-refractivity contribution < 1.29 is 4.79 Å². The smallest absolute Gasteiger partial charge is 0.233 e. The summed E-state index contributed by atoms with van der Waals surface area (Å²) in [6.45, 7) is 2.02. The fourth-order valence-electron chi connectivity index (χ4n) is 3.59. The number of benzene rings is 1. The van der Waals surface area contributed by atoms with Crippen molar-refractivity contribution in [3.05, 3.63) is 35.9 Å². The van der Waals surface area contributed by atoms with E-state index in [0.717, 1.165) is 17.6 Å². The summed E-state index contributed by atoms with van der Waals surface area (Å²) in [5.74, 6) is 2.78. The quantitative estimate of drug-likeness (QED) is 0.897. The molecule has 20 heavy (non-hydrogen) atoms. The molecule has 0 aliphatic heterocycles. The van der Waals surface area contributed by atoms with E-state index in [0.29, 0.717) is 6.04 Å². The number of fused-ring (bicyclic) bond motifs is 2. The number of thioether (sulfide) groups is 1. The summed E-state index contributed by atoms with van der Waals surface area (Å²) in [7, 11) is 0. The van der Waals surface area contributed by atoms with Crippen LogP contribution in [0.25, 0.3) is 0 Å². The lowest BCUT2D eigenvalue weighted by Gasteiger charge is -2.24. The lowest BCUT2D eigenvalue weighted by Crippen LogP contribution is -2.42. The summed E-state index contributed by atoms with van der Waals surface area (Å²) >= 11 is 1.73. The number of nitrogens with one attached hydrogen (secondary N) is 1. The van der Waals surface area contributed by atoms with Crippen molar-refractivity contribution in [3.8, 4) is 0 Å². The topological polar surface area (TPSA) is 29.1 Å². The van der Waals surface area contributed by atoms with Crippen molar-refractivity contribution in [2.75, 3.05) is 0 Å². The van der Waals surface area contributed by atoms with Crippen LogP contribution in [0, 0.1) is 11.8 Å². The van der Waals surface area contributed by atoms with Crippen molar-refractivity contribution in [3.63, 3.8) is 0 Å². The normalized spacial score (nSPS) is 29.4. The first-order valence-corrected chi connectivity index (χ1v) is 8.73. The van der Waals surface area contributed by atoms with Gasteiger partial charge in [0.05, 0.1) is 5.25 Å². The van der Waals surface area contributed by atoms with Crippen LogP contribution in [0.5, 0.6) is 0 Å². The molecule has 2 fully saturated rings. The Morgan fingerprint density at radius 3 is 2.75 bits per heavy atom. The predicted molar refractivity (Wildman–Crippen MR) is 84.6 cm³/mol. The Hall–Kier alpha value is -0.960. The van der Waals surface area contributed by atoms with Gasteiger partial charge in [-0.1, -0.05) is 36.8 Å². The molecule has 0 heterocycles. The minimum atomic E-state index is 0.0364. The summed E-state index contributed by atoms with van der Waals surface area (Å²) in [5, 5.41) is 3.32. The van der Waals surface area contributed by atoms with E-state index in [-0.39, 0.29) is 11.2 Å². The van der Waals surface area contributed by atoms with E-state index in [1.54, 1.807) is 11.8 Å². The molecule has 1 amide bonds. The van der Waals surface area contributed by atoms with Crippen molar-refractivity contribution in [2.45, 2.75) is 49.7 Å². The van der Waals surface area contributed by atoms with Gasteiger partial charge in [-0.05, 0) is 43.6 Å². The van der Waals surface area contributed by atoms with Gasteiger partial charge in [0.25, 0.3) is 0 Å². The molecule has 0 radical (unpaired) electrons. The Labute approximate surface area is 125 Å². The fraction of sp³-hybridized carbons (Fsp3) is 0.588. The molecule has 2 aliphatic rings. The van der Waals surface area contributed by atoms with Crippen LogP contribution < -0.4 is 5.32 Å². The zero-order valence-corrected chi connectivity index (χ0v) is 12.9. The molecule has 0 spiro atoms. The lowest BCUT2D eigenvalue weighted by molar-refractivity contribution is -0.121. The van der Waals surface area contributed by atoms with Gasteiger partial charge in [0.15, 0.2) is 0 Å². The third-order valence-electron chi connectivity index (χ3n) is 4.78. The van der Waals surface area contributed by atoms with Gasteiger partial charge in [0, 0.05) is 11.8 Å². The third kappa shape index (κ3) is 3.20. The van der Waals surface area contributed by atoms with Gasteiger partial charge in [0.2, 0.25) is 5.91 Å². The molecule has 1 aromatic carbocycles. The molecule has 108 valence electrons. The second kappa shape index (κ2) is 6.21. The zero-order valence-electron chi connectivity index (χ0n) is 12.0. The first-order valence-electron chi connectivity index (χ1n) is 7.68. The number of rotatable bonds is 5. The molecule has 2 saturated carbocycles. The standard InChI is InChI=1S/C17H23NOS/c1-12(20-11-13-5-3-2-4-6-13)17(19)18-16-10-14-7-8-15(16)9-14/h2-6,12,14-16H,7-11H2,1H3,(H,18,19)/t12-,14-,15-,16-/m1/s1. The number of hydrogen-bond donors (Lipinski definition) is 1. The molecule has 2 nitrogen and oxygen atoms in total. The molecule has 2 bridgehead atoms. The Kier molecular flexibility index (Phi) is 4.35. The van der Waals surface area contributed by atoms with Crippen LogP contribution in [-0.4, -0.2) is 17.2 Å². The maximum absolute atomic E-state index is 12.3. The molecule has 1 aromatic rings. The number of amides is 1. The summed E-state index contributed by atoms with van der Waals surface area (Å²) in [6.07, 6.45) is 5.26. The monoisotopic (exact) mass is 289 g/mol. The van der Waals surface area contributed by atoms with Crippen LogP contribution in [0.2, 0.25) is 0 Å². The van der Waals surface area contributed by atoms with Gasteiger partial charge in [0.1, 0.15) is 0 Å². The summed E-state index contributed by atoms with van der Waals surface area (Å²) in [6, 6.07) is 10.8. The van der Waals surface area contributed by atoms with Gasteiger partial charge >= 0.3 is 0 Å². The maximum Gasteiger partial charge on any atom is 0.233 e. The van der Waals surface area contributed by atoms with Crippen LogP contribution in [0.4, 0.5) is 0 Å². The van der Waals surface area contributed by atoms with Crippen LogP contribution >= 0.6 is 11.8 Å². The zero-order chi connectivity index (χ0) is 13.9. The average Bonchev–Trinajstić information content (AvgIpc) is 3.08. The Morgan fingerprint density at radius 1 is 1.30 bits per heavy atom. The molecule has 4 atom stereocenters. The van der Waals surface area contributed by atoms with Crippen LogP contribution in [-0.2, 0) is 10.5 Å². The summed E-state index contributed by atoms with van der Waals surface area (Å²) in [5.41, 5.74) is 1.29. The van der Waals surface area contributed by atoms with Crippen LogP contribution in [0.3, 0.4) is 0 Å². The molecular formula is C17H23NOS. The highest BCUT2D eigenvalue weighted by molar-refractivity contribution is 7.99. The first kappa shape index (κ1) is 14.0. The highest BCUT2D eigenvalue weighted by atomic mass is 32.2. The highest BCUT2D eigenvalue weighted by Crippen LogP contribution is 2.44. The van der Waals surface area contributed by atoms with E-state index in [2.05, 4.69) is 29.6 Å². The minimum absolute atomic E-state index is 0.0364. The molecular weight excluding hydrogens is 266 g/mol. The van der Waals surface area contributed by atoms with E-state index in [1.165, 1.54) is 31.2 Å². The molecule has 3 rings (SSSR count). The van der Waals surface area contributed by atoms with Gasteiger partial charge in [-0.3, -0.25) is 4.79 Å². The summed E-state index contributed by atoms with van der Waals surface area (Å²) < 4.78 is 0. The van der Waals surface area contributed by atoms with Gasteiger partial charge in [-0.15, -0.1) is 11.8 Å². The van der Waals surface area contributed by atoms with Crippen molar-refractivity contribution in [1.82, 2.24) is 5.32 Å². The first-order chi connectivity index (χ1) is 9.72. The van der Waals surface area contributed by atoms with Gasteiger partial charge in [-0.25, -0.2) is 0 Å². The van der Waals surface area contributed by atoms with Crippen molar-refractivity contribution in [1.29, 1.82) is 0 Å². The number of carbonyl (C=O) groups excluding carboxylic acids is 1.